The highest BCUT2D eigenvalue weighted by atomic mass is 15.4. The lowest BCUT2D eigenvalue weighted by Gasteiger charge is -2.44. The highest BCUT2D eigenvalue weighted by Gasteiger charge is 2.28. The van der Waals surface area contributed by atoms with E-state index >= 15 is 0 Å². The third-order valence-electron chi connectivity index (χ3n) is 8.36. The van der Waals surface area contributed by atoms with E-state index < -0.39 is 0 Å². The number of allylic oxidation sites excluding steroid dienone is 2. The number of nitrogens with zero attached hydrogens (tertiary/aromatic N) is 7. The van der Waals surface area contributed by atoms with Crippen LogP contribution in [0.1, 0.15) is 93.4 Å². The third-order valence-corrected chi connectivity index (χ3v) is 8.36. The number of aliphatic imine (C=N–C) groups is 2. The Kier molecular flexibility index (Phi) is 20.8. The van der Waals surface area contributed by atoms with Crippen LogP contribution in [0.2, 0.25) is 0 Å². The van der Waals surface area contributed by atoms with E-state index in [0.29, 0.717) is 17.8 Å². The van der Waals surface area contributed by atoms with E-state index in [1.807, 2.05) is 13.8 Å². The van der Waals surface area contributed by atoms with Crippen LogP contribution in [-0.2, 0) is 0 Å². The molecule has 2 rings (SSSR count). The lowest BCUT2D eigenvalue weighted by atomic mass is 10.1. The Morgan fingerprint density at radius 3 is 1.78 bits per heavy atom. The van der Waals surface area contributed by atoms with Crippen molar-refractivity contribution in [2.24, 2.45) is 21.8 Å². The van der Waals surface area contributed by atoms with Crippen molar-refractivity contribution < 1.29 is 0 Å². The first-order valence-corrected chi connectivity index (χ1v) is 17.8. The van der Waals surface area contributed by atoms with Crippen LogP contribution in [0, 0.1) is 17.2 Å². The second kappa shape index (κ2) is 23.4. The molecule has 9 nitrogen and oxygen atoms in total. The fraction of sp³-hybridized carbons (Fsp3) is 0.750. The quantitative estimate of drug-likeness (QED) is 0.106. The van der Waals surface area contributed by atoms with Gasteiger partial charge in [0.05, 0.1) is 0 Å². The van der Waals surface area contributed by atoms with Crippen molar-refractivity contribution in [2.45, 2.75) is 93.4 Å². The minimum atomic E-state index is 0.627. The van der Waals surface area contributed by atoms with E-state index in [1.54, 1.807) is 6.20 Å². The SMILES string of the molecule is C=CNCCN(CCCCC(C)C)C(=NC=N)/N=C(/N1CCN(C(=C)CCC)CC1)N1CCN(C(=C)CCC(C)C)CC1.CC. The largest absolute Gasteiger partial charge is 0.390 e. The smallest absolute Gasteiger partial charge is 0.230 e. The Balaban J connectivity index is 0.00000496. The Bertz CT molecular complexity index is 907. The van der Waals surface area contributed by atoms with Gasteiger partial charge in [-0.05, 0) is 43.7 Å². The predicted octanol–water partition coefficient (Wildman–Crippen LogP) is 6.69. The molecule has 0 saturated carbocycles. The number of rotatable bonds is 17. The van der Waals surface area contributed by atoms with Crippen LogP contribution in [0.25, 0.3) is 0 Å². The number of guanidine groups is 2. The Hall–Kier alpha value is -2.97. The highest BCUT2D eigenvalue weighted by Crippen LogP contribution is 2.19. The van der Waals surface area contributed by atoms with Gasteiger partial charge in [0, 0.05) is 83.4 Å². The first-order valence-electron chi connectivity index (χ1n) is 17.8. The summed E-state index contributed by atoms with van der Waals surface area (Å²) in [4.78, 5) is 21.8. The van der Waals surface area contributed by atoms with Crippen molar-refractivity contribution in [1.29, 1.82) is 5.41 Å². The van der Waals surface area contributed by atoms with Crippen LogP contribution in [0.3, 0.4) is 0 Å². The molecule has 0 aliphatic carbocycles. The van der Waals surface area contributed by atoms with Gasteiger partial charge in [0.1, 0.15) is 6.34 Å². The van der Waals surface area contributed by atoms with Gasteiger partial charge in [-0.15, -0.1) is 0 Å². The number of unbranched alkanes of at least 4 members (excludes halogenated alkanes) is 1. The minimum Gasteiger partial charge on any atom is -0.390 e. The van der Waals surface area contributed by atoms with E-state index in [9.17, 15) is 0 Å². The molecule has 0 aromatic rings. The van der Waals surface area contributed by atoms with Gasteiger partial charge >= 0.3 is 0 Å². The molecule has 2 aliphatic heterocycles. The van der Waals surface area contributed by atoms with Gasteiger partial charge in [-0.2, -0.15) is 4.99 Å². The van der Waals surface area contributed by atoms with Crippen LogP contribution < -0.4 is 5.32 Å². The summed E-state index contributed by atoms with van der Waals surface area (Å²) in [5, 5.41) is 11.1. The summed E-state index contributed by atoms with van der Waals surface area (Å²) in [6.07, 6.45) is 10.7. The van der Waals surface area contributed by atoms with Crippen molar-refractivity contribution in [3.8, 4) is 0 Å². The lowest BCUT2D eigenvalue weighted by Crippen LogP contribution is -2.57. The van der Waals surface area contributed by atoms with Crippen molar-refractivity contribution >= 4 is 18.3 Å². The topological polar surface area (TPSA) is 76.8 Å². The van der Waals surface area contributed by atoms with Gasteiger partial charge in [-0.3, -0.25) is 5.41 Å². The summed E-state index contributed by atoms with van der Waals surface area (Å²) < 4.78 is 0. The second-order valence-corrected chi connectivity index (χ2v) is 12.8. The second-order valence-electron chi connectivity index (χ2n) is 12.8. The molecule has 2 aliphatic rings. The van der Waals surface area contributed by atoms with Crippen LogP contribution >= 0.6 is 0 Å². The zero-order chi connectivity index (χ0) is 33.6. The van der Waals surface area contributed by atoms with Crippen LogP contribution in [0.15, 0.2) is 47.3 Å². The van der Waals surface area contributed by atoms with Gasteiger partial charge in [-0.25, -0.2) is 4.99 Å². The molecule has 0 spiro atoms. The summed E-state index contributed by atoms with van der Waals surface area (Å²) >= 11 is 0. The van der Waals surface area contributed by atoms with E-state index in [2.05, 4.69) is 89.2 Å². The van der Waals surface area contributed by atoms with Crippen molar-refractivity contribution in [3.63, 3.8) is 0 Å². The first kappa shape index (κ1) is 40.1. The number of piperazine rings is 2. The standard InChI is InChI=1S/C34H63N9.C2H6/c1-9-13-31(7)39-20-24-42(25-21-39)34(43-26-22-40(23-27-43)32(8)16-15-30(5)6)38-33(37-28-35)41(19-17-36-10-2)18-12-11-14-29(3)4;1-2/h10,28-30,35-36H,2,7-9,11-27H2,1,3-6H3;1-2H3/b35-28?,37-33?,38-34-;. The molecule has 0 atom stereocenters. The fourth-order valence-corrected chi connectivity index (χ4v) is 5.64. The molecule has 0 aromatic heterocycles. The van der Waals surface area contributed by atoms with E-state index in [-0.39, 0.29) is 0 Å². The predicted molar refractivity (Wildman–Crippen MR) is 197 cm³/mol. The Morgan fingerprint density at radius 2 is 1.31 bits per heavy atom. The molecule has 0 aromatic carbocycles. The molecule has 2 fully saturated rings. The van der Waals surface area contributed by atoms with E-state index in [1.165, 1.54) is 30.7 Å². The highest BCUT2D eigenvalue weighted by molar-refractivity contribution is 5.97. The molecular weight excluding hydrogens is 558 g/mol. The van der Waals surface area contributed by atoms with Gasteiger partial charge in [-0.1, -0.05) is 87.5 Å². The summed E-state index contributed by atoms with van der Waals surface area (Å²) in [7, 11) is 0. The molecule has 2 N–H and O–H groups in total. The fourth-order valence-electron chi connectivity index (χ4n) is 5.64. The maximum Gasteiger partial charge on any atom is 0.230 e. The minimum absolute atomic E-state index is 0.627. The molecule has 0 bridgehead atoms. The first-order chi connectivity index (χ1) is 21.7. The third kappa shape index (κ3) is 15.2. The summed E-state index contributed by atoms with van der Waals surface area (Å²) in [6.45, 7) is 37.7. The summed E-state index contributed by atoms with van der Waals surface area (Å²) in [5.41, 5.74) is 2.49. The molecule has 258 valence electrons. The summed E-state index contributed by atoms with van der Waals surface area (Å²) in [5.74, 6) is 2.99. The van der Waals surface area contributed by atoms with Gasteiger partial charge in [0.25, 0.3) is 0 Å². The van der Waals surface area contributed by atoms with E-state index in [0.717, 1.165) is 110 Å². The molecule has 0 radical (unpaired) electrons. The summed E-state index contributed by atoms with van der Waals surface area (Å²) in [6, 6.07) is 0. The zero-order valence-electron chi connectivity index (χ0n) is 30.3. The molecule has 2 heterocycles. The molecule has 0 amide bonds. The van der Waals surface area contributed by atoms with Crippen molar-refractivity contribution in [1.82, 2.24) is 29.8 Å². The molecule has 9 heteroatoms. The van der Waals surface area contributed by atoms with Gasteiger partial charge in [0.15, 0.2) is 0 Å². The molecule has 0 unspecified atom stereocenters. The van der Waals surface area contributed by atoms with E-state index in [4.69, 9.17) is 10.4 Å². The number of hydrogen-bond donors (Lipinski definition) is 2. The maximum atomic E-state index is 7.90. The number of hydrogen-bond acceptors (Lipinski definition) is 4. The molecule has 45 heavy (non-hydrogen) atoms. The average molecular weight is 628 g/mol. The Labute approximate surface area is 277 Å². The normalized spacial score (nSPS) is 16.0. The molecule has 2 saturated heterocycles. The van der Waals surface area contributed by atoms with Gasteiger partial charge < -0.3 is 29.8 Å². The lowest BCUT2D eigenvalue weighted by molar-refractivity contribution is 0.169. The van der Waals surface area contributed by atoms with Crippen molar-refractivity contribution in [2.75, 3.05) is 72.0 Å². The van der Waals surface area contributed by atoms with Gasteiger partial charge in [0.2, 0.25) is 11.9 Å². The van der Waals surface area contributed by atoms with Crippen LogP contribution in [0.4, 0.5) is 0 Å². The Morgan fingerprint density at radius 1 is 0.800 bits per heavy atom. The number of nitrogens with one attached hydrogen (secondary N) is 2. The van der Waals surface area contributed by atoms with Crippen molar-refractivity contribution in [3.05, 3.63) is 37.3 Å². The maximum absolute atomic E-state index is 7.90. The zero-order valence-corrected chi connectivity index (χ0v) is 30.3. The van der Waals surface area contributed by atoms with Crippen LogP contribution in [0.5, 0.6) is 0 Å². The van der Waals surface area contributed by atoms with Crippen LogP contribution in [-0.4, -0.2) is 115 Å². The molecular formula is C36H69N9. The average Bonchev–Trinajstić information content (AvgIpc) is 3.04. The monoisotopic (exact) mass is 628 g/mol.